The van der Waals surface area contributed by atoms with Gasteiger partial charge in [0.25, 0.3) is 0 Å². The smallest absolute Gasteiger partial charge is 0.225 e. The van der Waals surface area contributed by atoms with E-state index in [-0.39, 0.29) is 17.7 Å². The summed E-state index contributed by atoms with van der Waals surface area (Å²) in [6.07, 6.45) is 3.87. The van der Waals surface area contributed by atoms with Gasteiger partial charge in [0.2, 0.25) is 5.91 Å². The molecule has 3 aromatic rings. The standard InChI is InChI=1S/C20H25N5O/c1-12-13(2)24-19-5-4-14(6-16(12)19)7-22-20(26)18-10-21-9-17(18)15-8-23-25(3)11-15/h4-6,8,11,17-18,21,24H,7,9-10H2,1-3H3,(H,22,26)/t17-,18+/m1/s1. The summed E-state index contributed by atoms with van der Waals surface area (Å²) in [4.78, 5) is 16.1. The molecule has 1 amide bonds. The second-order valence-corrected chi connectivity index (χ2v) is 7.29. The maximum Gasteiger partial charge on any atom is 0.225 e. The number of carbonyl (C=O) groups is 1. The monoisotopic (exact) mass is 351 g/mol. The van der Waals surface area contributed by atoms with Crippen LogP contribution >= 0.6 is 0 Å². The minimum atomic E-state index is -0.0563. The van der Waals surface area contributed by atoms with E-state index in [4.69, 9.17) is 0 Å². The molecule has 4 rings (SSSR count). The first-order valence-electron chi connectivity index (χ1n) is 9.07. The number of fused-ring (bicyclic) bond motifs is 1. The zero-order valence-corrected chi connectivity index (χ0v) is 15.5. The van der Waals surface area contributed by atoms with Gasteiger partial charge in [-0.15, -0.1) is 0 Å². The summed E-state index contributed by atoms with van der Waals surface area (Å²) in [5.74, 6) is 0.228. The molecule has 6 heteroatoms. The topological polar surface area (TPSA) is 74.7 Å². The van der Waals surface area contributed by atoms with E-state index in [1.54, 1.807) is 4.68 Å². The van der Waals surface area contributed by atoms with Gasteiger partial charge >= 0.3 is 0 Å². The normalized spacial score (nSPS) is 20.0. The minimum Gasteiger partial charge on any atom is -0.358 e. The maximum atomic E-state index is 12.8. The molecular formula is C20H25N5O. The van der Waals surface area contributed by atoms with E-state index in [0.29, 0.717) is 13.1 Å². The summed E-state index contributed by atoms with van der Waals surface area (Å²) >= 11 is 0. The first kappa shape index (κ1) is 16.8. The van der Waals surface area contributed by atoms with Crippen LogP contribution in [-0.4, -0.2) is 33.8 Å². The van der Waals surface area contributed by atoms with E-state index in [0.717, 1.165) is 23.2 Å². The molecule has 1 saturated heterocycles. The van der Waals surface area contributed by atoms with Crippen LogP contribution in [0.5, 0.6) is 0 Å². The molecule has 136 valence electrons. The predicted molar refractivity (Wildman–Crippen MR) is 102 cm³/mol. The van der Waals surface area contributed by atoms with Crippen molar-refractivity contribution in [2.45, 2.75) is 26.3 Å². The molecule has 1 fully saturated rings. The van der Waals surface area contributed by atoms with Gasteiger partial charge in [0, 0.05) is 55.4 Å². The van der Waals surface area contributed by atoms with Crippen molar-refractivity contribution in [2.24, 2.45) is 13.0 Å². The first-order chi connectivity index (χ1) is 12.5. The van der Waals surface area contributed by atoms with Crippen molar-refractivity contribution in [3.8, 4) is 0 Å². The summed E-state index contributed by atoms with van der Waals surface area (Å²) in [7, 11) is 1.90. The van der Waals surface area contributed by atoms with Gasteiger partial charge in [0.05, 0.1) is 12.1 Å². The Morgan fingerprint density at radius 1 is 1.35 bits per heavy atom. The van der Waals surface area contributed by atoms with Crippen LogP contribution in [0.2, 0.25) is 0 Å². The largest absolute Gasteiger partial charge is 0.358 e. The van der Waals surface area contributed by atoms with Crippen molar-refractivity contribution < 1.29 is 4.79 Å². The molecular weight excluding hydrogens is 326 g/mol. The molecule has 1 aromatic carbocycles. The van der Waals surface area contributed by atoms with Crippen molar-refractivity contribution in [2.75, 3.05) is 13.1 Å². The number of hydrogen-bond acceptors (Lipinski definition) is 3. The van der Waals surface area contributed by atoms with Gasteiger partial charge in [0.1, 0.15) is 0 Å². The van der Waals surface area contributed by atoms with Crippen LogP contribution in [0.25, 0.3) is 10.9 Å². The Morgan fingerprint density at radius 3 is 2.96 bits per heavy atom. The predicted octanol–water partition coefficient (Wildman–Crippen LogP) is 2.14. The number of aromatic amines is 1. The lowest BCUT2D eigenvalue weighted by atomic mass is 9.90. The third-order valence-corrected chi connectivity index (χ3v) is 5.54. The van der Waals surface area contributed by atoms with Crippen LogP contribution < -0.4 is 10.6 Å². The van der Waals surface area contributed by atoms with Crippen molar-refractivity contribution in [3.05, 3.63) is 53.0 Å². The number of H-pyrrole nitrogens is 1. The number of nitrogens with one attached hydrogen (secondary N) is 3. The van der Waals surface area contributed by atoms with E-state index in [1.165, 1.54) is 16.6 Å². The number of nitrogens with zero attached hydrogens (tertiary/aromatic N) is 2. The summed E-state index contributed by atoms with van der Waals surface area (Å²) in [6, 6.07) is 6.33. The fourth-order valence-electron chi connectivity index (χ4n) is 3.87. The van der Waals surface area contributed by atoms with Crippen LogP contribution in [0.4, 0.5) is 0 Å². The highest BCUT2D eigenvalue weighted by Crippen LogP contribution is 2.28. The van der Waals surface area contributed by atoms with E-state index in [2.05, 4.69) is 52.8 Å². The summed E-state index contributed by atoms with van der Waals surface area (Å²) < 4.78 is 1.79. The lowest BCUT2D eigenvalue weighted by Gasteiger charge is -2.17. The Bertz CT molecular complexity index is 954. The number of aromatic nitrogens is 3. The molecule has 3 heterocycles. The maximum absolute atomic E-state index is 12.8. The van der Waals surface area contributed by atoms with Gasteiger partial charge in [-0.05, 0) is 42.7 Å². The Labute approximate surface area is 153 Å². The summed E-state index contributed by atoms with van der Waals surface area (Å²) in [5.41, 5.74) is 5.85. The van der Waals surface area contributed by atoms with E-state index >= 15 is 0 Å². The van der Waals surface area contributed by atoms with Crippen LogP contribution in [0.15, 0.2) is 30.6 Å². The molecule has 0 saturated carbocycles. The zero-order valence-electron chi connectivity index (χ0n) is 15.5. The average molecular weight is 351 g/mol. The number of benzene rings is 1. The van der Waals surface area contributed by atoms with Crippen molar-refractivity contribution in [1.82, 2.24) is 25.4 Å². The van der Waals surface area contributed by atoms with Crippen molar-refractivity contribution in [3.63, 3.8) is 0 Å². The number of aryl methyl sites for hydroxylation is 3. The van der Waals surface area contributed by atoms with E-state index in [1.807, 2.05) is 19.4 Å². The van der Waals surface area contributed by atoms with Crippen molar-refractivity contribution in [1.29, 1.82) is 0 Å². The second-order valence-electron chi connectivity index (χ2n) is 7.29. The molecule has 2 atom stereocenters. The summed E-state index contributed by atoms with van der Waals surface area (Å²) in [6.45, 7) is 6.29. The molecule has 0 unspecified atom stereocenters. The quantitative estimate of drug-likeness (QED) is 0.674. The molecule has 0 spiro atoms. The van der Waals surface area contributed by atoms with Crippen LogP contribution in [0, 0.1) is 19.8 Å². The number of hydrogen-bond donors (Lipinski definition) is 3. The van der Waals surface area contributed by atoms with Gasteiger partial charge in [-0.1, -0.05) is 6.07 Å². The fourth-order valence-corrected chi connectivity index (χ4v) is 3.87. The number of amides is 1. The molecule has 2 aromatic heterocycles. The SMILES string of the molecule is Cc1[nH]c2ccc(CNC(=O)[C@H]3CNC[C@@H]3c3cnn(C)c3)cc2c1C. The third kappa shape index (κ3) is 3.01. The molecule has 0 aliphatic carbocycles. The highest BCUT2D eigenvalue weighted by atomic mass is 16.1. The first-order valence-corrected chi connectivity index (χ1v) is 9.07. The lowest BCUT2D eigenvalue weighted by Crippen LogP contribution is -2.33. The molecule has 0 radical (unpaired) electrons. The number of carbonyl (C=O) groups excluding carboxylic acids is 1. The Morgan fingerprint density at radius 2 is 2.19 bits per heavy atom. The van der Waals surface area contributed by atoms with E-state index in [9.17, 15) is 4.79 Å². The van der Waals surface area contributed by atoms with Gasteiger partial charge in [-0.2, -0.15) is 5.10 Å². The number of rotatable bonds is 4. The molecule has 1 aliphatic heterocycles. The van der Waals surface area contributed by atoms with Gasteiger partial charge in [-0.3, -0.25) is 9.48 Å². The minimum absolute atomic E-state index is 0.0563. The van der Waals surface area contributed by atoms with Crippen LogP contribution in [0.1, 0.15) is 28.3 Å². The van der Waals surface area contributed by atoms with Gasteiger partial charge in [-0.25, -0.2) is 0 Å². The Hall–Kier alpha value is -2.60. The lowest BCUT2D eigenvalue weighted by molar-refractivity contribution is -0.125. The van der Waals surface area contributed by atoms with Crippen LogP contribution in [-0.2, 0) is 18.4 Å². The molecule has 3 N–H and O–H groups in total. The van der Waals surface area contributed by atoms with Gasteiger partial charge in [0.15, 0.2) is 0 Å². The Kier molecular flexibility index (Phi) is 4.28. The molecule has 6 nitrogen and oxygen atoms in total. The molecule has 26 heavy (non-hydrogen) atoms. The fraction of sp³-hybridized carbons (Fsp3) is 0.400. The van der Waals surface area contributed by atoms with Crippen molar-refractivity contribution >= 4 is 16.8 Å². The molecule has 0 bridgehead atoms. The highest BCUT2D eigenvalue weighted by Gasteiger charge is 2.34. The Balaban J connectivity index is 1.45. The van der Waals surface area contributed by atoms with Crippen LogP contribution in [0.3, 0.4) is 0 Å². The molecule has 1 aliphatic rings. The average Bonchev–Trinajstić information content (AvgIpc) is 3.33. The second kappa shape index (κ2) is 6.61. The third-order valence-electron chi connectivity index (χ3n) is 5.54. The summed E-state index contributed by atoms with van der Waals surface area (Å²) in [5, 5.41) is 11.9. The van der Waals surface area contributed by atoms with E-state index < -0.39 is 0 Å². The highest BCUT2D eigenvalue weighted by molar-refractivity contribution is 5.85. The zero-order chi connectivity index (χ0) is 18.3. The van der Waals surface area contributed by atoms with Gasteiger partial charge < -0.3 is 15.6 Å².